The molecule has 0 saturated carbocycles. The highest BCUT2D eigenvalue weighted by Gasteiger charge is 2.52. The maximum Gasteiger partial charge on any atom is 0.326 e. The normalized spacial score (nSPS) is 29.4. The lowest BCUT2D eigenvalue weighted by Gasteiger charge is -2.48. The van der Waals surface area contributed by atoms with E-state index in [1.54, 1.807) is 0 Å². The molecule has 2 rings (SSSR count). The van der Waals surface area contributed by atoms with Gasteiger partial charge in [-0.15, -0.1) is 0 Å². The van der Waals surface area contributed by atoms with E-state index in [4.69, 9.17) is 30.4 Å². The van der Waals surface area contributed by atoms with Gasteiger partial charge in [-0.25, -0.2) is 4.79 Å². The minimum absolute atomic E-state index is 0.129. The van der Waals surface area contributed by atoms with Crippen LogP contribution in [0, 0.1) is 0 Å². The van der Waals surface area contributed by atoms with Crippen molar-refractivity contribution >= 4 is 41.4 Å². The van der Waals surface area contributed by atoms with Crippen molar-refractivity contribution in [1.29, 1.82) is 0 Å². The number of amides is 6. The molecule has 2 fully saturated rings. The molecule has 2 heterocycles. The lowest BCUT2D eigenvalue weighted by atomic mass is 9.94. The van der Waals surface area contributed by atoms with E-state index in [2.05, 4.69) is 26.6 Å². The highest BCUT2D eigenvalue weighted by Crippen LogP contribution is 2.30. The molecule has 2 aliphatic heterocycles. The third-order valence-corrected chi connectivity index (χ3v) is 9.14. The van der Waals surface area contributed by atoms with Gasteiger partial charge in [-0.3, -0.25) is 28.8 Å². The zero-order valence-corrected chi connectivity index (χ0v) is 32.1. The predicted molar refractivity (Wildman–Crippen MR) is 191 cm³/mol. The topological polar surface area (TPSA) is 390 Å². The van der Waals surface area contributed by atoms with Crippen LogP contribution in [0.5, 0.6) is 0 Å². The molecule has 0 aromatic carbocycles. The minimum Gasteiger partial charge on any atom is -0.480 e. The van der Waals surface area contributed by atoms with Crippen LogP contribution in [0.3, 0.4) is 0 Å². The van der Waals surface area contributed by atoms with Gasteiger partial charge >= 0.3 is 5.97 Å². The van der Waals surface area contributed by atoms with Gasteiger partial charge in [0.15, 0.2) is 12.6 Å². The molecule has 0 spiro atoms. The van der Waals surface area contributed by atoms with Gasteiger partial charge < -0.3 is 87.6 Å². The van der Waals surface area contributed by atoms with Crippen LogP contribution in [0.1, 0.15) is 59.8 Å². The molecule has 0 aliphatic carbocycles. The van der Waals surface area contributed by atoms with Crippen molar-refractivity contribution in [2.24, 2.45) is 11.5 Å². The molecule has 15 N–H and O–H groups in total. The zero-order valence-electron chi connectivity index (χ0n) is 32.1. The van der Waals surface area contributed by atoms with E-state index in [1.165, 1.54) is 13.8 Å². The van der Waals surface area contributed by atoms with Crippen LogP contribution in [0.4, 0.5) is 0 Å². The smallest absolute Gasteiger partial charge is 0.326 e. The number of nitrogens with one attached hydrogen (secondary N) is 5. The molecule has 2 aliphatic rings. The fourth-order valence-electron chi connectivity index (χ4n) is 6.10. The predicted octanol–water partition coefficient (Wildman–Crippen LogP) is -6.74. The van der Waals surface area contributed by atoms with Crippen LogP contribution in [0.15, 0.2) is 0 Å². The number of carbonyl (C=O) groups is 7. The summed E-state index contributed by atoms with van der Waals surface area (Å²) in [5.74, 6) is -6.20. The molecule has 0 radical (unpaired) electrons. The van der Waals surface area contributed by atoms with E-state index in [0.717, 1.165) is 13.8 Å². The zero-order chi connectivity index (χ0) is 43.1. The number of hydrogen-bond donors (Lipinski definition) is 13. The van der Waals surface area contributed by atoms with Gasteiger partial charge in [0.05, 0.1) is 13.2 Å². The number of primary amides is 1. The number of rotatable bonds is 22. The third kappa shape index (κ3) is 14.7. The molecule has 24 nitrogen and oxygen atoms in total. The average Bonchev–Trinajstić information content (AvgIpc) is 3.13. The first kappa shape index (κ1) is 49.0. The summed E-state index contributed by atoms with van der Waals surface area (Å²) in [6, 6.07) is -6.86. The van der Waals surface area contributed by atoms with E-state index < -0.39 is 140 Å². The molecule has 326 valence electrons. The highest BCUT2D eigenvalue weighted by atomic mass is 16.7. The largest absolute Gasteiger partial charge is 0.480 e. The summed E-state index contributed by atoms with van der Waals surface area (Å²) in [5, 5.41) is 73.6. The summed E-state index contributed by atoms with van der Waals surface area (Å²) in [4.78, 5) is 86.3. The average molecular weight is 824 g/mol. The summed E-state index contributed by atoms with van der Waals surface area (Å²) in [6.07, 6.45) is -14.0. The summed E-state index contributed by atoms with van der Waals surface area (Å²) in [5.41, 5.74) is 10.8. The van der Waals surface area contributed by atoms with Gasteiger partial charge in [0, 0.05) is 20.3 Å². The Hall–Kier alpha value is -4.11. The Kier molecular flexibility index (Phi) is 20.1. The molecule has 2 saturated heterocycles. The molecular weight excluding hydrogens is 766 g/mol. The lowest BCUT2D eigenvalue weighted by molar-refractivity contribution is -0.331. The van der Waals surface area contributed by atoms with Gasteiger partial charge in [-0.05, 0) is 46.1 Å². The molecular formula is C33H57N7O17. The number of unbranched alkanes of at least 4 members (excludes halogenated alkanes) is 1. The molecule has 0 aromatic rings. The number of carbonyl (C=O) groups excluding carboxylic acids is 6. The number of ether oxygens (including phenoxy) is 4. The molecule has 2 unspecified atom stereocenters. The Balaban J connectivity index is 2.16. The molecule has 0 bridgehead atoms. The Bertz CT molecular complexity index is 1390. The van der Waals surface area contributed by atoms with Crippen molar-refractivity contribution in [3.05, 3.63) is 0 Å². The van der Waals surface area contributed by atoms with Crippen LogP contribution < -0.4 is 38.1 Å². The van der Waals surface area contributed by atoms with E-state index in [1.807, 2.05) is 0 Å². The quantitative estimate of drug-likeness (QED) is 0.0451. The monoisotopic (exact) mass is 823 g/mol. The Morgan fingerprint density at radius 2 is 1.37 bits per heavy atom. The second-order valence-electron chi connectivity index (χ2n) is 13.7. The number of carboxylic acid groups (broad SMARTS) is 1. The van der Waals surface area contributed by atoms with Crippen molar-refractivity contribution in [3.63, 3.8) is 0 Å². The SMILES string of the molecule is CC(=O)N[C@H]1[C@H](O[C@H]2[C@H](O)[C@@H](NC(C)=O)C(O)O[C@@H]2CO)O[C@H](CO)[C@@H](O)[C@@H]1OC(C)C(=O)N[C@@H](C)C(=O)N[C@H](CCC(=O)N[C@@H](CCCCN)C(=O)O)C(N)=O. The van der Waals surface area contributed by atoms with Crippen molar-refractivity contribution in [2.75, 3.05) is 19.8 Å². The molecule has 6 amide bonds. The standard InChI is InChI=1S/C33H57N7O17/c1-13(29(49)40-17(28(35)48)8-9-21(45)39-18(31(51)52)7-5-6-10-34)36-30(50)14(2)54-27-23(38-16(4)44)33(56-19(11-41)24(27)46)57-26-20(12-42)55-32(53)22(25(26)47)37-15(3)43/h13-14,17-20,22-27,32-33,41-42,46-47,53H,5-12,34H2,1-4H3,(H2,35,48)(H,36,50)(H,37,43)(H,38,44)(H,39,45)(H,40,49)(H,51,52)/t13-,14?,17+,18-,19+,20+,22+,23+,24+,25+,26+,27+,32?,33-/m0/s1. The lowest BCUT2D eigenvalue weighted by Crippen LogP contribution is -2.69. The van der Waals surface area contributed by atoms with E-state index in [-0.39, 0.29) is 19.3 Å². The van der Waals surface area contributed by atoms with Gasteiger partial charge in [-0.2, -0.15) is 0 Å². The first-order valence-corrected chi connectivity index (χ1v) is 18.3. The van der Waals surface area contributed by atoms with Crippen LogP contribution >= 0.6 is 0 Å². The second-order valence-corrected chi connectivity index (χ2v) is 13.7. The Labute approximate surface area is 327 Å². The molecule has 57 heavy (non-hydrogen) atoms. The number of aliphatic carboxylic acids is 1. The van der Waals surface area contributed by atoms with Gasteiger partial charge in [0.1, 0.15) is 72.9 Å². The fourth-order valence-corrected chi connectivity index (χ4v) is 6.10. The van der Waals surface area contributed by atoms with Crippen LogP contribution in [-0.2, 0) is 52.5 Å². The van der Waals surface area contributed by atoms with Crippen molar-refractivity contribution in [3.8, 4) is 0 Å². The molecule has 24 heteroatoms. The molecule has 0 aromatic heterocycles. The first-order chi connectivity index (χ1) is 26.7. The summed E-state index contributed by atoms with van der Waals surface area (Å²) in [7, 11) is 0. The minimum atomic E-state index is -1.77. The maximum absolute atomic E-state index is 13.3. The van der Waals surface area contributed by atoms with Crippen molar-refractivity contribution in [1.82, 2.24) is 26.6 Å². The summed E-state index contributed by atoms with van der Waals surface area (Å²) in [6.45, 7) is 3.37. The van der Waals surface area contributed by atoms with Gasteiger partial charge in [0.2, 0.25) is 35.4 Å². The Morgan fingerprint density at radius 1 is 0.754 bits per heavy atom. The van der Waals surface area contributed by atoms with Gasteiger partial charge in [0.25, 0.3) is 0 Å². The molecule has 14 atom stereocenters. The fraction of sp³-hybridized carbons (Fsp3) is 0.788. The first-order valence-electron chi connectivity index (χ1n) is 18.3. The summed E-state index contributed by atoms with van der Waals surface area (Å²) >= 11 is 0. The van der Waals surface area contributed by atoms with E-state index in [9.17, 15) is 64.2 Å². The number of carboxylic acids is 1. The maximum atomic E-state index is 13.3. The summed E-state index contributed by atoms with van der Waals surface area (Å²) < 4.78 is 22.8. The van der Waals surface area contributed by atoms with Crippen LogP contribution in [0.2, 0.25) is 0 Å². The van der Waals surface area contributed by atoms with Crippen molar-refractivity contribution < 1.29 is 83.1 Å². The van der Waals surface area contributed by atoms with Crippen LogP contribution in [0.25, 0.3) is 0 Å². The second kappa shape index (κ2) is 23.3. The van der Waals surface area contributed by atoms with E-state index in [0.29, 0.717) is 19.4 Å². The third-order valence-electron chi connectivity index (χ3n) is 9.14. The number of nitrogens with two attached hydrogens (primary N) is 2. The number of aliphatic hydroxyl groups is 5. The highest BCUT2D eigenvalue weighted by molar-refractivity contribution is 5.92. The number of aliphatic hydroxyl groups excluding tert-OH is 5. The Morgan fingerprint density at radius 3 is 1.91 bits per heavy atom. The van der Waals surface area contributed by atoms with Gasteiger partial charge in [-0.1, -0.05) is 0 Å². The van der Waals surface area contributed by atoms with E-state index >= 15 is 0 Å². The number of hydrogen-bond acceptors (Lipinski definition) is 17. The van der Waals surface area contributed by atoms with Crippen LogP contribution in [-0.4, -0.2) is 177 Å². The van der Waals surface area contributed by atoms with Crippen molar-refractivity contribution in [2.45, 2.75) is 145 Å².